The quantitative estimate of drug-likeness (QED) is 0.530. The molecule has 29 heavy (non-hydrogen) atoms. The van der Waals surface area contributed by atoms with Crippen molar-refractivity contribution in [1.82, 2.24) is 10.6 Å². The molecule has 2 unspecified atom stereocenters. The zero-order chi connectivity index (χ0) is 21.6. The van der Waals surface area contributed by atoms with Gasteiger partial charge in [0.15, 0.2) is 0 Å². The smallest absolute Gasteiger partial charge is 0.247 e. The van der Waals surface area contributed by atoms with E-state index in [0.29, 0.717) is 27.0 Å². The fourth-order valence-corrected chi connectivity index (χ4v) is 3.27. The van der Waals surface area contributed by atoms with Crippen molar-refractivity contribution in [2.45, 2.75) is 32.9 Å². The van der Waals surface area contributed by atoms with Gasteiger partial charge in [-0.25, -0.2) is 0 Å². The normalized spacial score (nSPS) is 13.7. The predicted octanol–water partition coefficient (Wildman–Crippen LogP) is 5.68. The highest BCUT2D eigenvalue weighted by Crippen LogP contribution is 2.26. The number of hydrogen-bond acceptors (Lipinski definition) is 2. The van der Waals surface area contributed by atoms with Gasteiger partial charge in [0.2, 0.25) is 12.3 Å². The summed E-state index contributed by atoms with van der Waals surface area (Å²) in [4.78, 5) is 24.0. The van der Waals surface area contributed by atoms with Crippen molar-refractivity contribution in [3.8, 4) is 0 Å². The molecule has 7 heteroatoms. The largest absolute Gasteiger partial charge is 0.347 e. The summed E-state index contributed by atoms with van der Waals surface area (Å²) < 4.78 is 0. The van der Waals surface area contributed by atoms with Gasteiger partial charge in [0, 0.05) is 15.1 Å². The van der Waals surface area contributed by atoms with Gasteiger partial charge >= 0.3 is 0 Å². The molecule has 2 N–H and O–H groups in total. The highest BCUT2D eigenvalue weighted by atomic mass is 35.5. The first-order valence-corrected chi connectivity index (χ1v) is 10.1. The van der Waals surface area contributed by atoms with E-state index in [9.17, 15) is 9.59 Å². The molecule has 0 aliphatic heterocycles. The lowest BCUT2D eigenvalue weighted by Crippen LogP contribution is -2.47. The summed E-state index contributed by atoms with van der Waals surface area (Å²) in [6.45, 7) is 6.03. The number of amides is 2. The fourth-order valence-electron chi connectivity index (χ4n) is 2.67. The molecule has 0 spiro atoms. The summed E-state index contributed by atoms with van der Waals surface area (Å²) in [6, 6.07) is 10.8. The van der Waals surface area contributed by atoms with Crippen LogP contribution >= 0.6 is 34.8 Å². The molecule has 0 saturated carbocycles. The third kappa shape index (κ3) is 6.77. The van der Waals surface area contributed by atoms with Gasteiger partial charge in [-0.05, 0) is 40.8 Å². The average Bonchev–Trinajstić information content (AvgIpc) is 2.64. The van der Waals surface area contributed by atoms with E-state index in [2.05, 4.69) is 10.6 Å². The maximum absolute atomic E-state index is 13.0. The van der Waals surface area contributed by atoms with Crippen LogP contribution < -0.4 is 10.6 Å². The molecule has 2 rings (SSSR count). The van der Waals surface area contributed by atoms with E-state index in [1.807, 2.05) is 39.0 Å². The monoisotopic (exact) mass is 452 g/mol. The van der Waals surface area contributed by atoms with Crippen LogP contribution in [0, 0.1) is 5.41 Å². The Kier molecular flexibility index (Phi) is 8.14. The molecule has 0 radical (unpaired) electrons. The molecule has 2 aromatic rings. The minimum Gasteiger partial charge on any atom is -0.347 e. The number of benzene rings is 2. The number of carbonyl (C=O) groups excluding carboxylic acids is 2. The zero-order valence-corrected chi connectivity index (χ0v) is 18.6. The van der Waals surface area contributed by atoms with Gasteiger partial charge in [-0.3, -0.25) is 9.59 Å². The van der Waals surface area contributed by atoms with Crippen molar-refractivity contribution in [2.75, 3.05) is 0 Å². The topological polar surface area (TPSA) is 58.2 Å². The summed E-state index contributed by atoms with van der Waals surface area (Å²) in [5, 5.41) is 7.20. The van der Waals surface area contributed by atoms with Crippen LogP contribution in [0.2, 0.25) is 15.1 Å². The second kappa shape index (κ2) is 10.1. The third-order valence-corrected chi connectivity index (χ3v) is 5.18. The Hall–Kier alpha value is -2.01. The lowest BCUT2D eigenvalue weighted by atomic mass is 9.86. The van der Waals surface area contributed by atoms with Crippen LogP contribution in [0.3, 0.4) is 0 Å². The Morgan fingerprint density at radius 3 is 2.17 bits per heavy atom. The molecule has 4 nitrogen and oxygen atoms in total. The summed E-state index contributed by atoms with van der Waals surface area (Å²) in [5.74, 6) is -0.328. The van der Waals surface area contributed by atoms with Crippen molar-refractivity contribution in [1.29, 1.82) is 0 Å². The van der Waals surface area contributed by atoms with Crippen LogP contribution in [0.1, 0.15) is 37.9 Å². The van der Waals surface area contributed by atoms with E-state index >= 15 is 0 Å². The van der Waals surface area contributed by atoms with E-state index in [1.165, 1.54) is 0 Å². The molecule has 0 aliphatic carbocycles. The lowest BCUT2D eigenvalue weighted by Gasteiger charge is -2.30. The maximum atomic E-state index is 13.0. The van der Waals surface area contributed by atoms with Crippen molar-refractivity contribution in [3.63, 3.8) is 0 Å². The van der Waals surface area contributed by atoms with Crippen molar-refractivity contribution in [2.24, 2.45) is 5.41 Å². The molecule has 2 atom stereocenters. The van der Waals surface area contributed by atoms with Crippen LogP contribution in [-0.4, -0.2) is 18.4 Å². The van der Waals surface area contributed by atoms with Gasteiger partial charge in [0.25, 0.3) is 0 Å². The van der Waals surface area contributed by atoms with Crippen LogP contribution in [0.4, 0.5) is 0 Å². The highest BCUT2D eigenvalue weighted by molar-refractivity contribution is 6.35. The van der Waals surface area contributed by atoms with Crippen molar-refractivity contribution in [3.05, 3.63) is 74.7 Å². The molecular formula is C22H23Cl3N2O2. The first kappa shape index (κ1) is 23.3. The Labute approximate surface area is 186 Å². The Bertz CT molecular complexity index is 890. The molecule has 0 aliphatic rings. The standard InChI is InChI=1S/C22H23Cl3N2O2/c1-22(2,3)19(11-7-14-4-10-17(24)12-18(14)25)27-21(29)20(26-13-28)15-5-8-16(23)9-6-15/h4-13,19-20H,1-3H3,(H,26,28)(H,27,29)/b11-7+. The molecule has 2 aromatic carbocycles. The summed E-state index contributed by atoms with van der Waals surface area (Å²) >= 11 is 18.1. The summed E-state index contributed by atoms with van der Waals surface area (Å²) in [6.07, 6.45) is 4.24. The van der Waals surface area contributed by atoms with Crippen LogP contribution in [0.25, 0.3) is 6.08 Å². The Morgan fingerprint density at radius 2 is 1.62 bits per heavy atom. The molecule has 0 aromatic heterocycles. The fraction of sp³-hybridized carbons (Fsp3) is 0.273. The van der Waals surface area contributed by atoms with Gasteiger partial charge in [-0.15, -0.1) is 0 Å². The van der Waals surface area contributed by atoms with E-state index < -0.39 is 6.04 Å². The highest BCUT2D eigenvalue weighted by Gasteiger charge is 2.28. The number of rotatable bonds is 7. The Balaban J connectivity index is 2.25. The molecule has 2 amide bonds. The average molecular weight is 454 g/mol. The third-order valence-electron chi connectivity index (χ3n) is 4.36. The predicted molar refractivity (Wildman–Crippen MR) is 120 cm³/mol. The minimum absolute atomic E-state index is 0.281. The maximum Gasteiger partial charge on any atom is 0.247 e. The molecule has 154 valence electrons. The van der Waals surface area contributed by atoms with Crippen molar-refractivity contribution < 1.29 is 9.59 Å². The second-order valence-corrected chi connectivity index (χ2v) is 8.93. The number of nitrogens with one attached hydrogen (secondary N) is 2. The van der Waals surface area contributed by atoms with Crippen LogP contribution in [0.15, 0.2) is 48.5 Å². The van der Waals surface area contributed by atoms with Crippen LogP contribution in [0.5, 0.6) is 0 Å². The molecule has 0 saturated heterocycles. The molecular weight excluding hydrogens is 431 g/mol. The number of carbonyl (C=O) groups is 2. The lowest BCUT2D eigenvalue weighted by molar-refractivity contribution is -0.126. The van der Waals surface area contributed by atoms with Gasteiger partial charge < -0.3 is 10.6 Å². The molecule has 0 heterocycles. The first-order chi connectivity index (χ1) is 13.6. The SMILES string of the molecule is CC(C)(C)C(/C=C/c1ccc(Cl)cc1Cl)NC(=O)C(NC=O)c1ccc(Cl)cc1. The zero-order valence-electron chi connectivity index (χ0n) is 16.4. The van der Waals surface area contributed by atoms with Gasteiger partial charge in [-0.1, -0.05) is 85.9 Å². The van der Waals surface area contributed by atoms with Gasteiger partial charge in [0.05, 0.1) is 6.04 Å². The summed E-state index contributed by atoms with van der Waals surface area (Å²) in [7, 11) is 0. The van der Waals surface area contributed by atoms with E-state index in [-0.39, 0.29) is 17.4 Å². The molecule has 0 bridgehead atoms. The molecule has 0 fully saturated rings. The van der Waals surface area contributed by atoms with E-state index in [1.54, 1.807) is 36.4 Å². The van der Waals surface area contributed by atoms with E-state index in [4.69, 9.17) is 34.8 Å². The first-order valence-electron chi connectivity index (χ1n) is 9.00. The number of hydrogen-bond donors (Lipinski definition) is 2. The minimum atomic E-state index is -0.831. The van der Waals surface area contributed by atoms with Crippen molar-refractivity contribution >= 4 is 53.2 Å². The second-order valence-electron chi connectivity index (χ2n) is 7.65. The van der Waals surface area contributed by atoms with Crippen LogP contribution in [-0.2, 0) is 9.59 Å². The van der Waals surface area contributed by atoms with Gasteiger partial charge in [0.1, 0.15) is 6.04 Å². The van der Waals surface area contributed by atoms with Gasteiger partial charge in [-0.2, -0.15) is 0 Å². The Morgan fingerprint density at radius 1 is 1.00 bits per heavy atom. The summed E-state index contributed by atoms with van der Waals surface area (Å²) in [5.41, 5.74) is 1.15. The number of halogens is 3. The van der Waals surface area contributed by atoms with E-state index in [0.717, 1.165) is 5.56 Å².